The van der Waals surface area contributed by atoms with Crippen molar-refractivity contribution < 1.29 is 13.3 Å². The second-order valence-electron chi connectivity index (χ2n) is 3.52. The van der Waals surface area contributed by atoms with Gasteiger partial charge in [-0.2, -0.15) is 0 Å². The van der Waals surface area contributed by atoms with E-state index in [0.29, 0.717) is 0 Å². The summed E-state index contributed by atoms with van der Waals surface area (Å²) in [4.78, 5) is 13.9. The van der Waals surface area contributed by atoms with Crippen LogP contribution in [0.1, 0.15) is 6.92 Å². The summed E-state index contributed by atoms with van der Waals surface area (Å²) in [7, 11) is -3.12. The van der Waals surface area contributed by atoms with Crippen molar-refractivity contribution in [1.29, 1.82) is 0 Å². The number of sulfone groups is 1. The van der Waals surface area contributed by atoms with Gasteiger partial charge in [0.25, 0.3) is 0 Å². The van der Waals surface area contributed by atoms with E-state index in [4.69, 9.17) is 5.73 Å². The second-order valence-corrected chi connectivity index (χ2v) is 6.00. The van der Waals surface area contributed by atoms with Gasteiger partial charge in [0.1, 0.15) is 5.82 Å². The summed E-state index contributed by atoms with van der Waals surface area (Å²) in [6, 6.07) is 2.53. The van der Waals surface area contributed by atoms with Gasteiger partial charge in [-0.05, 0) is 6.07 Å². The molecule has 0 aliphatic rings. The predicted octanol–water partition coefficient (Wildman–Crippen LogP) is 0.419. The first-order chi connectivity index (χ1) is 8.35. The summed E-state index contributed by atoms with van der Waals surface area (Å²) >= 11 is 0. The van der Waals surface area contributed by atoms with Gasteiger partial charge in [0.05, 0.1) is 10.7 Å². The van der Waals surface area contributed by atoms with Gasteiger partial charge in [0.2, 0.25) is 5.82 Å². The summed E-state index contributed by atoms with van der Waals surface area (Å²) in [6.45, 7) is 1.59. The number of nitrogens with two attached hydrogens (primary N) is 1. The quantitative estimate of drug-likeness (QED) is 0.568. The van der Waals surface area contributed by atoms with E-state index < -0.39 is 14.8 Å². The van der Waals surface area contributed by atoms with Crippen LogP contribution in [0.4, 0.5) is 17.3 Å². The van der Waals surface area contributed by atoms with Gasteiger partial charge in [-0.1, -0.05) is 6.92 Å². The van der Waals surface area contributed by atoms with Crippen LogP contribution in [0.2, 0.25) is 0 Å². The lowest BCUT2D eigenvalue weighted by molar-refractivity contribution is -0.384. The molecule has 0 aliphatic carbocycles. The van der Waals surface area contributed by atoms with Crippen molar-refractivity contribution in [2.75, 3.05) is 29.1 Å². The van der Waals surface area contributed by atoms with E-state index in [1.54, 1.807) is 0 Å². The summed E-state index contributed by atoms with van der Waals surface area (Å²) in [5.74, 6) is 0.0193. The first kappa shape index (κ1) is 14.2. The van der Waals surface area contributed by atoms with E-state index in [0.717, 1.165) is 0 Å². The van der Waals surface area contributed by atoms with E-state index in [1.807, 2.05) is 0 Å². The molecular weight excluding hydrogens is 260 g/mol. The van der Waals surface area contributed by atoms with Crippen LogP contribution >= 0.6 is 0 Å². The molecule has 1 rings (SSSR count). The fourth-order valence-corrected chi connectivity index (χ4v) is 1.92. The van der Waals surface area contributed by atoms with Crippen LogP contribution in [0.5, 0.6) is 0 Å². The number of rotatable bonds is 6. The number of nitrogens with zero attached hydrogens (tertiary/aromatic N) is 2. The average Bonchev–Trinajstić information content (AvgIpc) is 2.28. The molecule has 1 heterocycles. The van der Waals surface area contributed by atoms with Crippen molar-refractivity contribution in [1.82, 2.24) is 4.98 Å². The molecule has 0 aliphatic heterocycles. The minimum atomic E-state index is -3.12. The largest absolute Gasteiger partial charge is 0.384 e. The smallest absolute Gasteiger partial charge is 0.311 e. The van der Waals surface area contributed by atoms with Gasteiger partial charge in [-0.3, -0.25) is 10.1 Å². The van der Waals surface area contributed by atoms with Gasteiger partial charge < -0.3 is 11.1 Å². The fourth-order valence-electron chi connectivity index (χ4n) is 1.21. The van der Waals surface area contributed by atoms with Crippen LogP contribution in [0.3, 0.4) is 0 Å². The van der Waals surface area contributed by atoms with Gasteiger partial charge in [-0.15, -0.1) is 0 Å². The molecule has 0 atom stereocenters. The molecular formula is C9H14N4O4S. The highest BCUT2D eigenvalue weighted by Crippen LogP contribution is 2.22. The predicted molar refractivity (Wildman–Crippen MR) is 68.1 cm³/mol. The SMILES string of the molecule is CCS(=O)(=O)CCNc1nc(N)ccc1[N+](=O)[O-]. The number of aromatic nitrogens is 1. The lowest BCUT2D eigenvalue weighted by Gasteiger charge is -2.06. The summed E-state index contributed by atoms with van der Waals surface area (Å²) in [5, 5.41) is 13.3. The summed E-state index contributed by atoms with van der Waals surface area (Å²) < 4.78 is 22.5. The van der Waals surface area contributed by atoms with E-state index in [9.17, 15) is 18.5 Å². The van der Waals surface area contributed by atoms with E-state index in [2.05, 4.69) is 10.3 Å². The zero-order valence-corrected chi connectivity index (χ0v) is 10.6. The molecule has 0 amide bonds. The highest BCUT2D eigenvalue weighted by molar-refractivity contribution is 7.91. The topological polar surface area (TPSA) is 128 Å². The molecule has 100 valence electrons. The van der Waals surface area contributed by atoms with Crippen molar-refractivity contribution in [2.24, 2.45) is 0 Å². The Kier molecular flexibility index (Phi) is 4.43. The number of nitrogens with one attached hydrogen (secondary N) is 1. The Bertz CT molecular complexity index is 543. The number of nitrogen functional groups attached to an aromatic ring is 1. The molecule has 0 saturated heterocycles. The number of hydrogen-bond acceptors (Lipinski definition) is 7. The van der Waals surface area contributed by atoms with Gasteiger partial charge >= 0.3 is 5.69 Å². The highest BCUT2D eigenvalue weighted by atomic mass is 32.2. The minimum Gasteiger partial charge on any atom is -0.384 e. The molecule has 0 saturated carbocycles. The maximum Gasteiger partial charge on any atom is 0.311 e. The summed E-state index contributed by atoms with van der Waals surface area (Å²) in [6.07, 6.45) is 0. The van der Waals surface area contributed by atoms with E-state index in [1.165, 1.54) is 19.1 Å². The molecule has 0 bridgehead atoms. The Balaban J connectivity index is 2.78. The molecule has 0 unspecified atom stereocenters. The van der Waals surface area contributed by atoms with Crippen molar-refractivity contribution in [3.63, 3.8) is 0 Å². The monoisotopic (exact) mass is 274 g/mol. The molecule has 1 aromatic rings. The fraction of sp³-hybridized carbons (Fsp3) is 0.444. The Morgan fingerprint density at radius 3 is 2.72 bits per heavy atom. The number of anilines is 2. The third-order valence-corrected chi connectivity index (χ3v) is 3.94. The Labute approximate surface area is 104 Å². The van der Waals surface area contributed by atoms with Crippen molar-refractivity contribution in [2.45, 2.75) is 6.92 Å². The van der Waals surface area contributed by atoms with Gasteiger partial charge in [-0.25, -0.2) is 13.4 Å². The maximum absolute atomic E-state index is 11.3. The number of hydrogen-bond donors (Lipinski definition) is 2. The molecule has 3 N–H and O–H groups in total. The second kappa shape index (κ2) is 5.63. The van der Waals surface area contributed by atoms with Crippen LogP contribution in [-0.4, -0.2) is 36.4 Å². The minimum absolute atomic E-state index is 0.0219. The molecule has 1 aromatic heterocycles. The van der Waals surface area contributed by atoms with Crippen molar-refractivity contribution in [3.05, 3.63) is 22.2 Å². The van der Waals surface area contributed by atoms with Crippen LogP contribution in [0.25, 0.3) is 0 Å². The summed E-state index contributed by atoms with van der Waals surface area (Å²) in [5.41, 5.74) is 5.18. The van der Waals surface area contributed by atoms with Gasteiger partial charge in [0, 0.05) is 18.4 Å². The van der Waals surface area contributed by atoms with Crippen LogP contribution in [0.15, 0.2) is 12.1 Å². The van der Waals surface area contributed by atoms with Crippen LogP contribution in [0, 0.1) is 10.1 Å². The molecule has 18 heavy (non-hydrogen) atoms. The lowest BCUT2D eigenvalue weighted by Crippen LogP contribution is -2.18. The third kappa shape index (κ3) is 3.84. The molecule has 0 fully saturated rings. The molecule has 9 heteroatoms. The lowest BCUT2D eigenvalue weighted by atomic mass is 10.3. The first-order valence-electron chi connectivity index (χ1n) is 5.21. The zero-order valence-electron chi connectivity index (χ0n) is 9.79. The first-order valence-corrected chi connectivity index (χ1v) is 7.03. The van der Waals surface area contributed by atoms with Crippen LogP contribution < -0.4 is 11.1 Å². The standard InChI is InChI=1S/C9H14N4O4S/c1-2-18(16,17)6-5-11-9-7(13(14)15)3-4-8(10)12-9/h3-4H,2,5-6H2,1H3,(H3,10,11,12). The molecule has 0 spiro atoms. The van der Waals surface area contributed by atoms with Crippen molar-refractivity contribution in [3.8, 4) is 0 Å². The number of nitro groups is 1. The Hall–Kier alpha value is -1.90. The average molecular weight is 274 g/mol. The van der Waals surface area contributed by atoms with Crippen molar-refractivity contribution >= 4 is 27.2 Å². The highest BCUT2D eigenvalue weighted by Gasteiger charge is 2.16. The Morgan fingerprint density at radius 1 is 1.50 bits per heavy atom. The normalized spacial score (nSPS) is 11.2. The molecule has 0 radical (unpaired) electrons. The van der Waals surface area contributed by atoms with E-state index >= 15 is 0 Å². The molecule has 8 nitrogen and oxygen atoms in total. The number of pyridine rings is 1. The molecule has 0 aromatic carbocycles. The third-order valence-electron chi connectivity index (χ3n) is 2.24. The van der Waals surface area contributed by atoms with E-state index in [-0.39, 0.29) is 35.4 Å². The maximum atomic E-state index is 11.3. The van der Waals surface area contributed by atoms with Gasteiger partial charge in [0.15, 0.2) is 9.84 Å². The zero-order chi connectivity index (χ0) is 13.8. The van der Waals surface area contributed by atoms with Crippen LogP contribution in [-0.2, 0) is 9.84 Å². The Morgan fingerprint density at radius 2 is 2.17 bits per heavy atom.